The van der Waals surface area contributed by atoms with Gasteiger partial charge in [0.2, 0.25) is 11.8 Å². The lowest BCUT2D eigenvalue weighted by Gasteiger charge is -2.30. The van der Waals surface area contributed by atoms with Crippen LogP contribution in [0.25, 0.3) is 11.2 Å². The average molecular weight is 796 g/mol. The second-order valence-corrected chi connectivity index (χ2v) is 16.2. The first-order valence-electron chi connectivity index (χ1n) is 14.1. The number of hydrogen-bond acceptors (Lipinski definition) is 18. The monoisotopic (exact) mass is 795 g/mol. The van der Waals surface area contributed by atoms with Crippen LogP contribution in [-0.4, -0.2) is 123 Å². The standard InChI is InChI=1S/C22H36N7O17P3S/c1-22(2,17(33)20(34)25-4-3-13(31)24-5-6-50-11-30)8-43-49(40,41)46-48(38,39)42-7-12-16(45-47(35,36)37)15(32)21(44-12)29-10-28-14-18(23)26-9-27-19(14)29/h9-12,15-17,21,32-33H,3-8H2,1-2H3,(H,24,31)(H,25,34)(H,38,39)(H,40,41)(H2,23,26,27)(H2,35,36,37). The molecule has 0 radical (unpaired) electrons. The summed E-state index contributed by atoms with van der Waals surface area (Å²) in [6.07, 6.45) is -6.88. The number of phosphoric acid groups is 3. The number of hydrogen-bond donors (Lipinski definition) is 9. The molecule has 0 spiro atoms. The predicted octanol–water partition coefficient (Wildman–Crippen LogP) is -1.67. The highest BCUT2D eigenvalue weighted by atomic mass is 32.2. The van der Waals surface area contributed by atoms with Gasteiger partial charge in [-0.15, -0.1) is 0 Å². The minimum absolute atomic E-state index is 0.0309. The van der Waals surface area contributed by atoms with E-state index in [9.17, 15) is 57.9 Å². The molecule has 2 amide bonds. The van der Waals surface area contributed by atoms with Crippen molar-refractivity contribution in [3.05, 3.63) is 12.7 Å². The van der Waals surface area contributed by atoms with Crippen LogP contribution in [0.15, 0.2) is 12.7 Å². The number of aliphatic hydroxyl groups excluding tert-OH is 2. The topological polar surface area (TPSA) is 364 Å². The molecule has 0 aromatic carbocycles. The number of fused-ring (bicyclic) bond motifs is 1. The van der Waals surface area contributed by atoms with Gasteiger partial charge in [0.1, 0.15) is 36.3 Å². The van der Waals surface area contributed by atoms with Crippen molar-refractivity contribution in [2.75, 3.05) is 37.8 Å². The van der Waals surface area contributed by atoms with Gasteiger partial charge in [-0.1, -0.05) is 25.6 Å². The molecule has 282 valence electrons. The molecule has 0 saturated carbocycles. The molecule has 1 aliphatic heterocycles. The molecule has 3 rings (SSSR count). The maximum atomic E-state index is 12.6. The Morgan fingerprint density at radius 2 is 1.80 bits per heavy atom. The second kappa shape index (κ2) is 17.4. The normalized spacial score (nSPS) is 22.8. The van der Waals surface area contributed by atoms with Crippen LogP contribution >= 0.6 is 35.2 Å². The zero-order chi connectivity index (χ0) is 37.5. The van der Waals surface area contributed by atoms with Crippen molar-refractivity contribution in [2.45, 2.75) is 50.9 Å². The van der Waals surface area contributed by atoms with E-state index in [0.29, 0.717) is 11.4 Å². The van der Waals surface area contributed by atoms with Gasteiger partial charge in [-0.3, -0.25) is 32.5 Å². The van der Waals surface area contributed by atoms with Gasteiger partial charge in [-0.25, -0.2) is 28.6 Å². The molecule has 2 aromatic rings. The van der Waals surface area contributed by atoms with Crippen LogP contribution in [0.5, 0.6) is 0 Å². The van der Waals surface area contributed by atoms with Crippen molar-refractivity contribution in [1.29, 1.82) is 0 Å². The van der Waals surface area contributed by atoms with Crippen molar-refractivity contribution < 1.29 is 80.5 Å². The van der Waals surface area contributed by atoms with Crippen molar-refractivity contribution >= 4 is 69.6 Å². The molecule has 28 heteroatoms. The molecular weight excluding hydrogens is 759 g/mol. The van der Waals surface area contributed by atoms with Crippen LogP contribution in [0, 0.1) is 5.41 Å². The molecule has 50 heavy (non-hydrogen) atoms. The van der Waals surface area contributed by atoms with Gasteiger partial charge in [-0.05, 0) is 0 Å². The average Bonchev–Trinajstić information content (AvgIpc) is 3.57. The van der Waals surface area contributed by atoms with E-state index in [0.717, 1.165) is 29.0 Å². The van der Waals surface area contributed by atoms with Gasteiger partial charge in [0.05, 0.1) is 19.5 Å². The third-order valence-corrected chi connectivity index (χ3v) is 10.4. The molecule has 7 atom stereocenters. The zero-order valence-corrected chi connectivity index (χ0v) is 29.7. The molecule has 10 N–H and O–H groups in total. The summed E-state index contributed by atoms with van der Waals surface area (Å²) in [6, 6.07) is 0. The van der Waals surface area contributed by atoms with Gasteiger partial charge in [-0.2, -0.15) is 4.31 Å². The lowest BCUT2D eigenvalue weighted by molar-refractivity contribution is -0.137. The Morgan fingerprint density at radius 3 is 2.46 bits per heavy atom. The molecule has 1 fully saturated rings. The summed E-state index contributed by atoms with van der Waals surface area (Å²) in [5, 5.41) is 26.1. The number of thioether (sulfide) groups is 1. The Labute approximate surface area is 286 Å². The fraction of sp³-hybridized carbons (Fsp3) is 0.636. The molecule has 1 saturated heterocycles. The molecule has 2 aromatic heterocycles. The van der Waals surface area contributed by atoms with E-state index in [-0.39, 0.29) is 36.5 Å². The number of carbonyl (C=O) groups excluding carboxylic acids is 3. The SMILES string of the molecule is CC(C)(COP(=O)(O)OP(=O)(O)OCC1OC(n2cnc3c(N)ncnc32)C(O)C1OP(=O)(O)O)C(O)C(=O)NCCC(=O)NCCSC=O. The number of nitrogen functional groups attached to an aromatic ring is 1. The van der Waals surface area contributed by atoms with E-state index in [4.69, 9.17) is 19.5 Å². The first-order valence-corrected chi connectivity index (χ1v) is 19.7. The van der Waals surface area contributed by atoms with E-state index < -0.39 is 84.6 Å². The van der Waals surface area contributed by atoms with Crippen molar-refractivity contribution in [3.8, 4) is 0 Å². The van der Waals surface area contributed by atoms with Crippen LogP contribution in [-0.2, 0) is 50.7 Å². The maximum Gasteiger partial charge on any atom is 0.481 e. The summed E-state index contributed by atoms with van der Waals surface area (Å²) in [6.45, 7) is 0.515. The number of nitrogens with two attached hydrogens (primary N) is 1. The van der Waals surface area contributed by atoms with E-state index >= 15 is 0 Å². The molecule has 1 aliphatic rings. The first kappa shape index (κ1) is 42.0. The summed E-state index contributed by atoms with van der Waals surface area (Å²) in [4.78, 5) is 85.1. The number of nitrogens with one attached hydrogen (secondary N) is 2. The van der Waals surface area contributed by atoms with Gasteiger partial charge in [0.25, 0.3) is 0 Å². The Hall–Kier alpha value is -2.44. The van der Waals surface area contributed by atoms with E-state index in [1.54, 1.807) is 0 Å². The molecule has 0 aliphatic carbocycles. The quantitative estimate of drug-likeness (QED) is 0.0411. The smallest absolute Gasteiger partial charge is 0.386 e. The predicted molar refractivity (Wildman–Crippen MR) is 169 cm³/mol. The number of imidazole rings is 1. The van der Waals surface area contributed by atoms with Crippen molar-refractivity contribution in [2.24, 2.45) is 5.41 Å². The number of amides is 2. The Balaban J connectivity index is 1.57. The zero-order valence-electron chi connectivity index (χ0n) is 26.2. The molecule has 24 nitrogen and oxygen atoms in total. The minimum atomic E-state index is -5.55. The lowest BCUT2D eigenvalue weighted by atomic mass is 9.87. The fourth-order valence-corrected chi connectivity index (χ4v) is 7.38. The van der Waals surface area contributed by atoms with Crippen LogP contribution in [0.1, 0.15) is 26.5 Å². The summed E-state index contributed by atoms with van der Waals surface area (Å²) in [5.74, 6) is -1.09. The van der Waals surface area contributed by atoms with Gasteiger partial charge >= 0.3 is 23.5 Å². The number of carbonyl (C=O) groups is 3. The number of aromatic nitrogens is 4. The number of anilines is 1. The summed E-state index contributed by atoms with van der Waals surface area (Å²) in [5.41, 5.74) is 4.88. The highest BCUT2D eigenvalue weighted by molar-refractivity contribution is 8.11. The Bertz CT molecular complexity index is 1660. The fourth-order valence-electron chi connectivity index (χ4n) is 4.24. The molecule has 3 heterocycles. The second-order valence-electron chi connectivity index (χ2n) is 11.0. The summed E-state index contributed by atoms with van der Waals surface area (Å²) < 4.78 is 61.7. The van der Waals surface area contributed by atoms with Gasteiger partial charge in [0.15, 0.2) is 23.3 Å². The first-order chi connectivity index (χ1) is 23.2. The van der Waals surface area contributed by atoms with E-state index in [2.05, 4.69) is 34.4 Å². The van der Waals surface area contributed by atoms with Crippen LogP contribution < -0.4 is 16.4 Å². The number of nitrogens with zero attached hydrogens (tertiary/aromatic N) is 4. The van der Waals surface area contributed by atoms with Gasteiger partial charge in [0, 0.05) is 30.7 Å². The van der Waals surface area contributed by atoms with Crippen molar-refractivity contribution in [3.63, 3.8) is 0 Å². The lowest BCUT2D eigenvalue weighted by Crippen LogP contribution is -2.46. The van der Waals surface area contributed by atoms with Crippen molar-refractivity contribution in [1.82, 2.24) is 30.2 Å². The van der Waals surface area contributed by atoms with Crippen LogP contribution in [0.3, 0.4) is 0 Å². The van der Waals surface area contributed by atoms with Crippen LogP contribution in [0.4, 0.5) is 5.82 Å². The summed E-state index contributed by atoms with van der Waals surface area (Å²) in [7, 11) is -16.3. The minimum Gasteiger partial charge on any atom is -0.386 e. The largest absolute Gasteiger partial charge is 0.481 e. The highest BCUT2D eigenvalue weighted by Gasteiger charge is 2.50. The highest BCUT2D eigenvalue weighted by Crippen LogP contribution is 2.61. The third kappa shape index (κ3) is 12.1. The van der Waals surface area contributed by atoms with E-state index in [1.165, 1.54) is 13.8 Å². The maximum absolute atomic E-state index is 12.6. The number of aliphatic hydroxyl groups is 2. The summed E-state index contributed by atoms with van der Waals surface area (Å²) >= 11 is 0.960. The van der Waals surface area contributed by atoms with Crippen LogP contribution in [0.2, 0.25) is 0 Å². The van der Waals surface area contributed by atoms with E-state index in [1.807, 2.05) is 0 Å². The Morgan fingerprint density at radius 1 is 1.12 bits per heavy atom. The van der Waals surface area contributed by atoms with Gasteiger partial charge < -0.3 is 50.9 Å². The number of phosphoric ester groups is 3. The number of ether oxygens (including phenoxy) is 1. The molecule has 7 unspecified atom stereocenters. The third-order valence-electron chi connectivity index (χ3n) is 6.69. The number of rotatable bonds is 20. The molecule has 0 bridgehead atoms. The Kier molecular flexibility index (Phi) is 14.6. The molecular formula is C22H36N7O17P3S.